The molecule has 1 unspecified atom stereocenters. The molecule has 3 nitrogen and oxygen atoms in total. The Hall–Kier alpha value is -1.58. The van der Waals surface area contributed by atoms with E-state index in [1.54, 1.807) is 12.1 Å². The number of anilines is 1. The molecule has 116 valence electrons. The predicted octanol–water partition coefficient (Wildman–Crippen LogP) is 3.58. The van der Waals surface area contributed by atoms with Gasteiger partial charge < -0.3 is 10.6 Å². The van der Waals surface area contributed by atoms with Crippen molar-refractivity contribution in [3.63, 3.8) is 0 Å². The molecule has 0 bridgehead atoms. The SMILES string of the molecule is CC(C)(C)C1CCC(=O)N(Cc2ccc(N)c(F)c2)CC1. The maximum atomic E-state index is 13.5. The van der Waals surface area contributed by atoms with Crippen molar-refractivity contribution in [2.75, 3.05) is 12.3 Å². The van der Waals surface area contributed by atoms with Crippen LogP contribution in [-0.2, 0) is 11.3 Å². The number of hydrogen-bond acceptors (Lipinski definition) is 2. The summed E-state index contributed by atoms with van der Waals surface area (Å²) in [5.74, 6) is 0.302. The number of nitrogens with zero attached hydrogens (tertiary/aromatic N) is 1. The summed E-state index contributed by atoms with van der Waals surface area (Å²) in [6.07, 6.45) is 2.53. The van der Waals surface area contributed by atoms with Gasteiger partial charge in [-0.3, -0.25) is 4.79 Å². The summed E-state index contributed by atoms with van der Waals surface area (Å²) in [7, 11) is 0. The molecule has 0 saturated carbocycles. The summed E-state index contributed by atoms with van der Waals surface area (Å²) in [6.45, 7) is 7.90. The van der Waals surface area contributed by atoms with E-state index in [-0.39, 0.29) is 17.0 Å². The Morgan fingerprint density at radius 1 is 1.33 bits per heavy atom. The molecule has 1 heterocycles. The first-order valence-electron chi connectivity index (χ1n) is 7.59. The Morgan fingerprint density at radius 3 is 2.67 bits per heavy atom. The van der Waals surface area contributed by atoms with Crippen LogP contribution in [0.4, 0.5) is 10.1 Å². The van der Waals surface area contributed by atoms with E-state index in [0.717, 1.165) is 24.9 Å². The van der Waals surface area contributed by atoms with Crippen molar-refractivity contribution in [3.05, 3.63) is 29.6 Å². The van der Waals surface area contributed by atoms with Gasteiger partial charge >= 0.3 is 0 Å². The number of rotatable bonds is 2. The lowest BCUT2D eigenvalue weighted by molar-refractivity contribution is -0.131. The van der Waals surface area contributed by atoms with Crippen LogP contribution in [0.5, 0.6) is 0 Å². The number of hydrogen-bond donors (Lipinski definition) is 1. The van der Waals surface area contributed by atoms with Crippen LogP contribution in [0, 0.1) is 17.2 Å². The highest BCUT2D eigenvalue weighted by molar-refractivity contribution is 5.76. The average Bonchev–Trinajstić information content (AvgIpc) is 2.57. The van der Waals surface area contributed by atoms with E-state index in [9.17, 15) is 9.18 Å². The van der Waals surface area contributed by atoms with Gasteiger partial charge in [0.15, 0.2) is 0 Å². The zero-order valence-corrected chi connectivity index (χ0v) is 13.2. The number of amides is 1. The lowest BCUT2D eigenvalue weighted by Crippen LogP contribution is -2.30. The molecule has 2 rings (SSSR count). The van der Waals surface area contributed by atoms with Gasteiger partial charge in [-0.25, -0.2) is 4.39 Å². The maximum absolute atomic E-state index is 13.5. The molecule has 1 atom stereocenters. The molecule has 0 aromatic heterocycles. The zero-order chi connectivity index (χ0) is 15.6. The van der Waals surface area contributed by atoms with E-state index in [1.807, 2.05) is 4.90 Å². The van der Waals surface area contributed by atoms with Crippen LogP contribution < -0.4 is 5.73 Å². The van der Waals surface area contributed by atoms with Gasteiger partial charge in [0.2, 0.25) is 5.91 Å². The van der Waals surface area contributed by atoms with Crippen molar-refractivity contribution in [2.24, 2.45) is 11.3 Å². The fraction of sp³-hybridized carbons (Fsp3) is 0.588. The van der Waals surface area contributed by atoms with Gasteiger partial charge in [0.1, 0.15) is 5.82 Å². The number of carbonyl (C=O) groups is 1. The molecule has 21 heavy (non-hydrogen) atoms. The lowest BCUT2D eigenvalue weighted by atomic mass is 9.77. The van der Waals surface area contributed by atoms with Crippen LogP contribution in [0.2, 0.25) is 0 Å². The quantitative estimate of drug-likeness (QED) is 0.847. The van der Waals surface area contributed by atoms with Crippen LogP contribution in [0.3, 0.4) is 0 Å². The standard InChI is InChI=1S/C17H25FN2O/c1-17(2,3)13-5-7-16(21)20(9-8-13)11-12-4-6-15(19)14(18)10-12/h4,6,10,13H,5,7-9,11,19H2,1-3H3. The van der Waals surface area contributed by atoms with Crippen LogP contribution >= 0.6 is 0 Å². The van der Waals surface area contributed by atoms with E-state index in [0.29, 0.717) is 18.9 Å². The highest BCUT2D eigenvalue weighted by Crippen LogP contribution is 2.34. The Labute approximate surface area is 126 Å². The van der Waals surface area contributed by atoms with Crippen molar-refractivity contribution < 1.29 is 9.18 Å². The molecule has 1 fully saturated rings. The van der Waals surface area contributed by atoms with Gasteiger partial charge in [0.05, 0.1) is 5.69 Å². The minimum absolute atomic E-state index is 0.147. The highest BCUT2D eigenvalue weighted by atomic mass is 19.1. The first-order valence-corrected chi connectivity index (χ1v) is 7.59. The summed E-state index contributed by atoms with van der Waals surface area (Å²) >= 11 is 0. The topological polar surface area (TPSA) is 46.3 Å². The molecular formula is C17H25FN2O. The third-order valence-corrected chi connectivity index (χ3v) is 4.47. The molecule has 1 aromatic carbocycles. The molecule has 2 N–H and O–H groups in total. The van der Waals surface area contributed by atoms with E-state index in [1.165, 1.54) is 6.07 Å². The van der Waals surface area contributed by atoms with Gasteiger partial charge in [-0.05, 0) is 41.9 Å². The average molecular weight is 292 g/mol. The van der Waals surface area contributed by atoms with Crippen molar-refractivity contribution >= 4 is 11.6 Å². The van der Waals surface area contributed by atoms with Crippen molar-refractivity contribution in [1.29, 1.82) is 0 Å². The van der Waals surface area contributed by atoms with E-state index < -0.39 is 5.82 Å². The summed E-state index contributed by atoms with van der Waals surface area (Å²) in [4.78, 5) is 14.1. The second-order valence-electron chi connectivity index (χ2n) is 7.06. The molecule has 1 amide bonds. The second kappa shape index (κ2) is 6.04. The summed E-state index contributed by atoms with van der Waals surface area (Å²) in [5, 5.41) is 0. The van der Waals surface area contributed by atoms with E-state index in [2.05, 4.69) is 20.8 Å². The van der Waals surface area contributed by atoms with E-state index in [4.69, 9.17) is 5.73 Å². The third-order valence-electron chi connectivity index (χ3n) is 4.47. The fourth-order valence-electron chi connectivity index (χ4n) is 2.96. The van der Waals surface area contributed by atoms with Crippen molar-refractivity contribution in [1.82, 2.24) is 4.90 Å². The first-order chi connectivity index (χ1) is 9.77. The van der Waals surface area contributed by atoms with Gasteiger partial charge in [-0.1, -0.05) is 26.8 Å². The number of likely N-dealkylation sites (tertiary alicyclic amines) is 1. The summed E-state index contributed by atoms with van der Waals surface area (Å²) < 4.78 is 13.5. The van der Waals surface area contributed by atoms with Crippen molar-refractivity contribution in [2.45, 2.75) is 46.6 Å². The highest BCUT2D eigenvalue weighted by Gasteiger charge is 2.29. The maximum Gasteiger partial charge on any atom is 0.222 e. The number of benzene rings is 1. The molecule has 0 radical (unpaired) electrons. The van der Waals surface area contributed by atoms with Gasteiger partial charge in [-0.15, -0.1) is 0 Å². The Kier molecular flexibility index (Phi) is 4.55. The van der Waals surface area contributed by atoms with Gasteiger partial charge in [0.25, 0.3) is 0 Å². The summed E-state index contributed by atoms with van der Waals surface area (Å²) in [6, 6.07) is 4.78. The predicted molar refractivity (Wildman–Crippen MR) is 83.0 cm³/mol. The van der Waals surface area contributed by atoms with Crippen LogP contribution in [-0.4, -0.2) is 17.4 Å². The molecule has 1 aliphatic rings. The third kappa shape index (κ3) is 3.96. The van der Waals surface area contributed by atoms with Gasteiger partial charge in [-0.2, -0.15) is 0 Å². The normalized spacial score (nSPS) is 20.5. The van der Waals surface area contributed by atoms with Gasteiger partial charge in [0, 0.05) is 19.5 Å². The molecule has 0 spiro atoms. The molecule has 0 aliphatic carbocycles. The Morgan fingerprint density at radius 2 is 2.05 bits per heavy atom. The second-order valence-corrected chi connectivity index (χ2v) is 7.06. The smallest absolute Gasteiger partial charge is 0.222 e. The number of halogens is 1. The minimum atomic E-state index is -0.415. The molecular weight excluding hydrogens is 267 g/mol. The first kappa shape index (κ1) is 15.8. The van der Waals surface area contributed by atoms with Crippen LogP contribution in [0.1, 0.15) is 45.6 Å². The monoisotopic (exact) mass is 292 g/mol. The van der Waals surface area contributed by atoms with Crippen LogP contribution in [0.15, 0.2) is 18.2 Å². The number of nitrogens with two attached hydrogens (primary N) is 1. The molecule has 1 saturated heterocycles. The Bertz CT molecular complexity index is 522. The van der Waals surface area contributed by atoms with E-state index >= 15 is 0 Å². The fourth-order valence-corrected chi connectivity index (χ4v) is 2.96. The number of nitrogen functional groups attached to an aromatic ring is 1. The molecule has 1 aromatic rings. The lowest BCUT2D eigenvalue weighted by Gasteiger charge is -2.29. The van der Waals surface area contributed by atoms with Crippen molar-refractivity contribution in [3.8, 4) is 0 Å². The zero-order valence-electron chi connectivity index (χ0n) is 13.2. The Balaban J connectivity index is 2.06. The largest absolute Gasteiger partial charge is 0.396 e. The van der Waals surface area contributed by atoms with Crippen LogP contribution in [0.25, 0.3) is 0 Å². The summed E-state index contributed by atoms with van der Waals surface area (Å²) in [5.41, 5.74) is 6.65. The molecule has 4 heteroatoms. The molecule has 1 aliphatic heterocycles. The minimum Gasteiger partial charge on any atom is -0.396 e. The number of carbonyl (C=O) groups excluding carboxylic acids is 1.